The van der Waals surface area contributed by atoms with Crippen LogP contribution in [0.1, 0.15) is 399 Å². The van der Waals surface area contributed by atoms with Gasteiger partial charge in [-0.1, -0.05) is 361 Å². The van der Waals surface area contributed by atoms with Crippen LogP contribution in [-0.4, -0.2) is 47.4 Å². The number of hydrogen-bond acceptors (Lipinski definition) is 5. The minimum Gasteiger partial charge on any atom is -0.466 e. The van der Waals surface area contributed by atoms with Gasteiger partial charge in [-0.05, 0) is 25.7 Å². The average Bonchev–Trinajstić information content (AvgIpc) is 3.40. The number of carbonyl (C=O) groups excluding carboxylic acids is 2. The number of ether oxygens (including phenoxy) is 1. The highest BCUT2D eigenvalue weighted by Gasteiger charge is 2.20. The van der Waals surface area contributed by atoms with Gasteiger partial charge < -0.3 is 20.3 Å². The Morgan fingerprint density at radius 3 is 0.824 bits per heavy atom. The second-order valence-corrected chi connectivity index (χ2v) is 23.9. The molecule has 6 heteroatoms. The van der Waals surface area contributed by atoms with E-state index in [9.17, 15) is 19.8 Å². The number of unbranched alkanes of at least 4 members (excludes halogenated alkanes) is 54. The molecule has 3 N–H and O–H groups in total. The summed E-state index contributed by atoms with van der Waals surface area (Å²) in [6.45, 7) is 5.00. The zero-order valence-corrected chi connectivity index (χ0v) is 50.6. The standard InChI is InChI=1S/C68H135NO5/c1-3-5-7-9-11-13-15-17-19-20-27-31-34-38-42-46-50-54-58-62-68(73)74-63-59-55-51-47-43-39-35-32-29-26-24-22-21-23-25-28-30-33-37-41-45-49-53-57-61-67(72)69-65(64-70)66(71)60-56-52-48-44-40-36-18-16-14-12-10-8-6-4-2/h65-66,70-71H,3-64H2,1-2H3,(H,69,72). The molecular weight excluding hydrogens is 911 g/mol. The molecular formula is C68H135NO5. The molecule has 0 heterocycles. The lowest BCUT2D eigenvalue weighted by atomic mass is 10.0. The Bertz CT molecular complexity index is 1070. The first-order chi connectivity index (χ1) is 36.5. The van der Waals surface area contributed by atoms with Crippen LogP contribution >= 0.6 is 0 Å². The number of hydrogen-bond donors (Lipinski definition) is 3. The number of esters is 1. The van der Waals surface area contributed by atoms with E-state index in [0.29, 0.717) is 25.9 Å². The number of aliphatic hydroxyl groups excluding tert-OH is 2. The predicted octanol–water partition coefficient (Wildman–Crippen LogP) is 21.8. The first-order valence-corrected chi connectivity index (χ1v) is 34.3. The van der Waals surface area contributed by atoms with Crippen molar-refractivity contribution >= 4 is 11.9 Å². The van der Waals surface area contributed by atoms with Gasteiger partial charge in [0, 0.05) is 12.8 Å². The van der Waals surface area contributed by atoms with Crippen molar-refractivity contribution in [3.05, 3.63) is 0 Å². The lowest BCUT2D eigenvalue weighted by Gasteiger charge is -2.22. The molecule has 0 rings (SSSR count). The van der Waals surface area contributed by atoms with Crippen LogP contribution in [0.5, 0.6) is 0 Å². The molecule has 0 aromatic rings. The predicted molar refractivity (Wildman–Crippen MR) is 324 cm³/mol. The number of nitrogens with one attached hydrogen (secondary N) is 1. The Kier molecular flexibility index (Phi) is 63.4. The summed E-state index contributed by atoms with van der Waals surface area (Å²) in [4.78, 5) is 24.6. The van der Waals surface area contributed by atoms with Crippen molar-refractivity contribution in [1.82, 2.24) is 5.32 Å². The Labute approximate surface area is 464 Å². The van der Waals surface area contributed by atoms with Crippen LogP contribution in [0.4, 0.5) is 0 Å². The molecule has 0 aliphatic carbocycles. The van der Waals surface area contributed by atoms with Gasteiger partial charge >= 0.3 is 5.97 Å². The number of carbonyl (C=O) groups is 2. The fourth-order valence-electron chi connectivity index (χ4n) is 11.2. The van der Waals surface area contributed by atoms with Crippen LogP contribution in [0.3, 0.4) is 0 Å². The molecule has 0 saturated carbocycles. The van der Waals surface area contributed by atoms with Crippen LogP contribution in [0.25, 0.3) is 0 Å². The van der Waals surface area contributed by atoms with Crippen molar-refractivity contribution in [2.75, 3.05) is 13.2 Å². The number of aliphatic hydroxyl groups is 2. The summed E-state index contributed by atoms with van der Waals surface area (Å²) >= 11 is 0. The molecule has 0 aromatic carbocycles. The molecule has 0 radical (unpaired) electrons. The topological polar surface area (TPSA) is 95.9 Å². The van der Waals surface area contributed by atoms with Gasteiger partial charge in [-0.25, -0.2) is 0 Å². The minimum atomic E-state index is -0.662. The van der Waals surface area contributed by atoms with Gasteiger partial charge in [0.05, 0.1) is 25.4 Å². The van der Waals surface area contributed by atoms with Crippen molar-refractivity contribution in [3.63, 3.8) is 0 Å². The van der Waals surface area contributed by atoms with Crippen molar-refractivity contribution in [2.24, 2.45) is 0 Å². The van der Waals surface area contributed by atoms with Gasteiger partial charge in [-0.3, -0.25) is 9.59 Å². The van der Waals surface area contributed by atoms with Crippen LogP contribution in [0, 0.1) is 0 Å². The first-order valence-electron chi connectivity index (χ1n) is 34.3. The molecule has 0 bridgehead atoms. The third-order valence-corrected chi connectivity index (χ3v) is 16.4. The second-order valence-electron chi connectivity index (χ2n) is 23.9. The highest BCUT2D eigenvalue weighted by Crippen LogP contribution is 2.19. The quantitative estimate of drug-likeness (QED) is 0.0417. The summed E-state index contributed by atoms with van der Waals surface area (Å²) in [7, 11) is 0. The molecule has 0 aliphatic heterocycles. The molecule has 0 saturated heterocycles. The monoisotopic (exact) mass is 1050 g/mol. The smallest absolute Gasteiger partial charge is 0.305 e. The minimum absolute atomic E-state index is 0.0215. The van der Waals surface area contributed by atoms with Crippen molar-refractivity contribution < 1.29 is 24.5 Å². The van der Waals surface area contributed by atoms with Gasteiger partial charge in [0.25, 0.3) is 0 Å². The average molecular weight is 1050 g/mol. The summed E-state index contributed by atoms with van der Waals surface area (Å²) < 4.78 is 5.51. The first kappa shape index (κ1) is 72.9. The maximum absolute atomic E-state index is 12.5. The maximum Gasteiger partial charge on any atom is 0.305 e. The Morgan fingerprint density at radius 1 is 0.324 bits per heavy atom. The van der Waals surface area contributed by atoms with Gasteiger partial charge in [0.2, 0.25) is 5.91 Å². The molecule has 6 nitrogen and oxygen atoms in total. The van der Waals surface area contributed by atoms with E-state index in [0.717, 1.165) is 38.5 Å². The fourth-order valence-corrected chi connectivity index (χ4v) is 11.2. The van der Waals surface area contributed by atoms with E-state index in [-0.39, 0.29) is 18.5 Å². The van der Waals surface area contributed by atoms with Crippen molar-refractivity contribution in [1.29, 1.82) is 0 Å². The van der Waals surface area contributed by atoms with E-state index in [1.54, 1.807) is 0 Å². The Hall–Kier alpha value is -1.14. The maximum atomic E-state index is 12.5. The number of rotatable bonds is 65. The molecule has 2 atom stereocenters. The molecule has 1 amide bonds. The van der Waals surface area contributed by atoms with Gasteiger partial charge in [-0.2, -0.15) is 0 Å². The molecule has 74 heavy (non-hydrogen) atoms. The Morgan fingerprint density at radius 2 is 0.554 bits per heavy atom. The summed E-state index contributed by atoms with van der Waals surface area (Å²) in [5, 5.41) is 23.3. The summed E-state index contributed by atoms with van der Waals surface area (Å²) in [5.41, 5.74) is 0. The third-order valence-electron chi connectivity index (χ3n) is 16.4. The highest BCUT2D eigenvalue weighted by atomic mass is 16.5. The van der Waals surface area contributed by atoms with Gasteiger partial charge in [0.1, 0.15) is 0 Å². The van der Waals surface area contributed by atoms with Crippen molar-refractivity contribution in [3.8, 4) is 0 Å². The van der Waals surface area contributed by atoms with Crippen LogP contribution < -0.4 is 5.32 Å². The van der Waals surface area contributed by atoms with Gasteiger partial charge in [0.15, 0.2) is 0 Å². The zero-order valence-electron chi connectivity index (χ0n) is 50.6. The van der Waals surface area contributed by atoms with E-state index >= 15 is 0 Å². The zero-order chi connectivity index (χ0) is 53.6. The fraction of sp³-hybridized carbons (Fsp3) is 0.971. The van der Waals surface area contributed by atoms with Gasteiger partial charge in [-0.15, -0.1) is 0 Å². The molecule has 442 valence electrons. The molecule has 0 fully saturated rings. The van der Waals surface area contributed by atoms with E-state index < -0.39 is 12.1 Å². The van der Waals surface area contributed by atoms with E-state index in [4.69, 9.17) is 4.74 Å². The Balaban J connectivity index is 3.32. The summed E-state index contributed by atoms with van der Waals surface area (Å²) in [6.07, 6.45) is 77.1. The SMILES string of the molecule is CCCCCCCCCCCCCCCCCCCCCC(=O)OCCCCCCCCCCCCCCCCCCCCCCCCCCC(=O)NC(CO)C(O)CCCCCCCCCCCCCCCC. The van der Waals surface area contributed by atoms with E-state index in [1.807, 2.05) is 0 Å². The van der Waals surface area contributed by atoms with Crippen LogP contribution in [0.2, 0.25) is 0 Å². The number of amides is 1. The van der Waals surface area contributed by atoms with E-state index in [2.05, 4.69) is 19.2 Å². The van der Waals surface area contributed by atoms with Crippen molar-refractivity contribution in [2.45, 2.75) is 411 Å². The van der Waals surface area contributed by atoms with E-state index in [1.165, 1.54) is 327 Å². The summed E-state index contributed by atoms with van der Waals surface area (Å²) in [5.74, 6) is -0.00903. The normalized spacial score (nSPS) is 12.4. The molecule has 0 aromatic heterocycles. The molecule has 0 aliphatic rings. The van der Waals surface area contributed by atoms with Crippen LogP contribution in [-0.2, 0) is 14.3 Å². The molecule has 0 spiro atoms. The summed E-state index contributed by atoms with van der Waals surface area (Å²) in [6, 6.07) is -0.539. The molecule has 2 unspecified atom stereocenters. The highest BCUT2D eigenvalue weighted by molar-refractivity contribution is 5.76. The lowest BCUT2D eigenvalue weighted by molar-refractivity contribution is -0.143. The lowest BCUT2D eigenvalue weighted by Crippen LogP contribution is -2.45. The van der Waals surface area contributed by atoms with Crippen LogP contribution in [0.15, 0.2) is 0 Å². The second kappa shape index (κ2) is 64.4. The largest absolute Gasteiger partial charge is 0.466 e. The third kappa shape index (κ3) is 60.1.